The van der Waals surface area contributed by atoms with Crippen LogP contribution in [-0.2, 0) is 11.2 Å². The van der Waals surface area contributed by atoms with Crippen LogP contribution in [0.25, 0.3) is 0 Å². The Bertz CT molecular complexity index is 697. The quantitative estimate of drug-likeness (QED) is 0.487. The van der Waals surface area contributed by atoms with Gasteiger partial charge in [0.05, 0.1) is 0 Å². The molecule has 2 aromatic carbocycles. The summed E-state index contributed by atoms with van der Waals surface area (Å²) in [6.45, 7) is 0.635. The van der Waals surface area contributed by atoms with Gasteiger partial charge in [0.2, 0.25) is 5.91 Å². The number of hydrogen-bond acceptors (Lipinski definition) is 5. The lowest BCUT2D eigenvalue weighted by Gasteiger charge is -2.20. The molecule has 7 heteroatoms. The van der Waals surface area contributed by atoms with E-state index in [1.54, 1.807) is 0 Å². The van der Waals surface area contributed by atoms with Crippen molar-refractivity contribution < 1.29 is 4.79 Å². The van der Waals surface area contributed by atoms with E-state index in [4.69, 9.17) is 11.6 Å². The van der Waals surface area contributed by atoms with Crippen LogP contribution < -0.4 is 27.0 Å². The topological polar surface area (TPSA) is 77.2 Å². The van der Waals surface area contributed by atoms with Crippen molar-refractivity contribution in [3.05, 3.63) is 65.2 Å². The Morgan fingerprint density at radius 3 is 2.72 bits per heavy atom. The molecule has 0 spiro atoms. The third kappa shape index (κ3) is 5.17. The molecule has 1 aliphatic rings. The maximum atomic E-state index is 12.4. The predicted molar refractivity (Wildman–Crippen MR) is 99.8 cm³/mol. The zero-order chi connectivity index (χ0) is 17.5. The molecular formula is C18H22ClN5O. The van der Waals surface area contributed by atoms with Gasteiger partial charge < -0.3 is 10.6 Å². The van der Waals surface area contributed by atoms with Gasteiger partial charge in [0.15, 0.2) is 0 Å². The van der Waals surface area contributed by atoms with Gasteiger partial charge in [-0.05, 0) is 36.6 Å². The second-order valence-electron chi connectivity index (χ2n) is 5.90. The summed E-state index contributed by atoms with van der Waals surface area (Å²) in [6, 6.07) is 17.2. The molecule has 0 aromatic heterocycles. The van der Waals surface area contributed by atoms with Crippen molar-refractivity contribution in [3.63, 3.8) is 0 Å². The van der Waals surface area contributed by atoms with Gasteiger partial charge in [0.1, 0.15) is 12.2 Å². The van der Waals surface area contributed by atoms with Crippen LogP contribution in [0.2, 0.25) is 5.02 Å². The van der Waals surface area contributed by atoms with E-state index in [0.717, 1.165) is 18.5 Å². The predicted octanol–water partition coefficient (Wildman–Crippen LogP) is 1.81. The SMILES string of the molecule is O=C(NCCCc1ccccc1)C1NNNC1Nc1cccc(Cl)c1. The molecule has 25 heavy (non-hydrogen) atoms. The first-order chi connectivity index (χ1) is 12.2. The van der Waals surface area contributed by atoms with E-state index in [-0.39, 0.29) is 12.1 Å². The maximum absolute atomic E-state index is 12.4. The number of hydrazine groups is 2. The molecule has 3 rings (SSSR count). The highest BCUT2D eigenvalue weighted by Gasteiger charge is 2.32. The lowest BCUT2D eigenvalue weighted by atomic mass is 10.1. The number of amides is 1. The van der Waals surface area contributed by atoms with Gasteiger partial charge in [0, 0.05) is 17.3 Å². The highest BCUT2D eigenvalue weighted by atomic mass is 35.5. The van der Waals surface area contributed by atoms with Crippen molar-refractivity contribution in [1.29, 1.82) is 0 Å². The molecule has 1 saturated heterocycles. The number of halogens is 1. The highest BCUT2D eigenvalue weighted by Crippen LogP contribution is 2.16. The standard InChI is InChI=1S/C18H22ClN5O/c19-14-9-4-10-15(12-14)21-17-16(22-24-23-17)18(25)20-11-5-8-13-6-2-1-3-7-13/h1-4,6-7,9-10,12,16-17,21-24H,5,8,11H2,(H,20,25). The molecule has 2 unspecified atom stereocenters. The molecule has 6 nitrogen and oxygen atoms in total. The summed E-state index contributed by atoms with van der Waals surface area (Å²) in [7, 11) is 0. The van der Waals surface area contributed by atoms with Gasteiger partial charge in [-0.25, -0.2) is 10.9 Å². The Kier molecular flexibility index (Phi) is 6.25. The Morgan fingerprint density at radius 1 is 1.08 bits per heavy atom. The van der Waals surface area contributed by atoms with Crippen molar-refractivity contribution in [2.24, 2.45) is 0 Å². The number of benzene rings is 2. The first-order valence-corrected chi connectivity index (χ1v) is 8.70. The van der Waals surface area contributed by atoms with Crippen LogP contribution in [0.4, 0.5) is 5.69 Å². The minimum atomic E-state index is -0.435. The summed E-state index contributed by atoms with van der Waals surface area (Å²) < 4.78 is 0. The van der Waals surface area contributed by atoms with Gasteiger partial charge in [-0.3, -0.25) is 4.79 Å². The van der Waals surface area contributed by atoms with E-state index in [0.29, 0.717) is 11.6 Å². The second kappa shape index (κ2) is 8.82. The fourth-order valence-corrected chi connectivity index (χ4v) is 2.91. The number of nitrogens with one attached hydrogen (secondary N) is 5. The van der Waals surface area contributed by atoms with Gasteiger partial charge in [-0.2, -0.15) is 5.53 Å². The monoisotopic (exact) mass is 359 g/mol. The lowest BCUT2D eigenvalue weighted by Crippen LogP contribution is -2.50. The summed E-state index contributed by atoms with van der Waals surface area (Å²) in [5.74, 6) is -0.0647. The molecule has 132 valence electrons. The van der Waals surface area contributed by atoms with E-state index in [1.165, 1.54) is 5.56 Å². The lowest BCUT2D eigenvalue weighted by molar-refractivity contribution is -0.123. The van der Waals surface area contributed by atoms with Crippen LogP contribution in [0.15, 0.2) is 54.6 Å². The van der Waals surface area contributed by atoms with E-state index < -0.39 is 6.04 Å². The van der Waals surface area contributed by atoms with Crippen LogP contribution in [0.1, 0.15) is 12.0 Å². The van der Waals surface area contributed by atoms with Gasteiger partial charge in [-0.1, -0.05) is 48.0 Å². The zero-order valence-electron chi connectivity index (χ0n) is 13.8. The summed E-state index contributed by atoms with van der Waals surface area (Å²) in [5.41, 5.74) is 10.8. The molecule has 1 fully saturated rings. The third-order valence-electron chi connectivity index (χ3n) is 4.00. The van der Waals surface area contributed by atoms with E-state index in [9.17, 15) is 4.79 Å². The van der Waals surface area contributed by atoms with Crippen molar-refractivity contribution in [2.75, 3.05) is 11.9 Å². The molecule has 2 atom stereocenters. The molecule has 0 radical (unpaired) electrons. The summed E-state index contributed by atoms with van der Waals surface area (Å²) in [5, 5.41) is 6.87. The van der Waals surface area contributed by atoms with Crippen molar-refractivity contribution in [3.8, 4) is 0 Å². The summed E-state index contributed by atoms with van der Waals surface area (Å²) in [4.78, 5) is 12.4. The largest absolute Gasteiger partial charge is 0.367 e. The molecule has 2 aromatic rings. The summed E-state index contributed by atoms with van der Waals surface area (Å²) in [6.07, 6.45) is 1.56. The normalized spacial score (nSPS) is 19.6. The van der Waals surface area contributed by atoms with Crippen LogP contribution >= 0.6 is 11.6 Å². The van der Waals surface area contributed by atoms with Crippen molar-refractivity contribution in [1.82, 2.24) is 21.7 Å². The van der Waals surface area contributed by atoms with Crippen molar-refractivity contribution in [2.45, 2.75) is 25.0 Å². The van der Waals surface area contributed by atoms with E-state index in [1.807, 2.05) is 42.5 Å². The van der Waals surface area contributed by atoms with E-state index >= 15 is 0 Å². The third-order valence-corrected chi connectivity index (χ3v) is 4.24. The van der Waals surface area contributed by atoms with Crippen LogP contribution in [-0.4, -0.2) is 24.7 Å². The van der Waals surface area contributed by atoms with Gasteiger partial charge in [-0.15, -0.1) is 0 Å². The zero-order valence-corrected chi connectivity index (χ0v) is 14.5. The van der Waals surface area contributed by atoms with Gasteiger partial charge in [0.25, 0.3) is 0 Å². The average molecular weight is 360 g/mol. The molecule has 1 aliphatic heterocycles. The number of anilines is 1. The molecule has 1 heterocycles. The molecule has 0 saturated carbocycles. The fraction of sp³-hybridized carbons (Fsp3) is 0.278. The number of rotatable bonds is 7. The fourth-order valence-electron chi connectivity index (χ4n) is 2.72. The first kappa shape index (κ1) is 17.7. The number of carbonyl (C=O) groups is 1. The molecule has 0 bridgehead atoms. The van der Waals surface area contributed by atoms with Gasteiger partial charge >= 0.3 is 0 Å². The van der Waals surface area contributed by atoms with Crippen LogP contribution in [0.3, 0.4) is 0 Å². The molecule has 5 N–H and O–H groups in total. The number of hydrogen-bond donors (Lipinski definition) is 5. The maximum Gasteiger partial charge on any atom is 0.242 e. The Labute approximate surface area is 152 Å². The molecule has 0 aliphatic carbocycles. The van der Waals surface area contributed by atoms with Crippen LogP contribution in [0, 0.1) is 0 Å². The molecule has 1 amide bonds. The number of aryl methyl sites for hydroxylation is 1. The smallest absolute Gasteiger partial charge is 0.242 e. The second-order valence-corrected chi connectivity index (χ2v) is 6.34. The average Bonchev–Trinajstić information content (AvgIpc) is 3.08. The molecular weight excluding hydrogens is 338 g/mol. The minimum absolute atomic E-state index is 0.0647. The van der Waals surface area contributed by atoms with E-state index in [2.05, 4.69) is 39.2 Å². The highest BCUT2D eigenvalue weighted by molar-refractivity contribution is 6.30. The number of carbonyl (C=O) groups excluding carboxylic acids is 1. The minimum Gasteiger partial charge on any atom is -0.367 e. The Morgan fingerprint density at radius 2 is 1.92 bits per heavy atom. The Balaban J connectivity index is 1.45. The Hall–Kier alpha value is -2.12. The van der Waals surface area contributed by atoms with Crippen molar-refractivity contribution >= 4 is 23.2 Å². The summed E-state index contributed by atoms with van der Waals surface area (Å²) >= 11 is 5.99. The van der Waals surface area contributed by atoms with Crippen LogP contribution in [0.5, 0.6) is 0 Å². The first-order valence-electron chi connectivity index (χ1n) is 8.32.